The molecule has 0 aliphatic rings. The van der Waals surface area contributed by atoms with Gasteiger partial charge in [0.05, 0.1) is 0 Å². The predicted molar refractivity (Wildman–Crippen MR) is 25.3 cm³/mol. The van der Waals surface area contributed by atoms with E-state index in [1.54, 1.807) is 0 Å². The van der Waals surface area contributed by atoms with Crippen molar-refractivity contribution >= 4 is 35.7 Å². The van der Waals surface area contributed by atoms with Gasteiger partial charge in [0, 0.05) is 0 Å². The van der Waals surface area contributed by atoms with Crippen molar-refractivity contribution in [3.05, 3.63) is 0 Å². The molecule has 0 spiro atoms. The summed E-state index contributed by atoms with van der Waals surface area (Å²) in [5, 5.41) is 13.9. The van der Waals surface area contributed by atoms with Gasteiger partial charge in [-0.1, -0.05) is 0 Å². The Bertz CT molecular complexity index is 37.9. The summed E-state index contributed by atoms with van der Waals surface area (Å²) in [4.78, 5) is 8.56. The van der Waals surface area contributed by atoms with Gasteiger partial charge in [-0.25, -0.2) is 4.79 Å². The molecule has 0 aromatic heterocycles. The van der Waals surface area contributed by atoms with Gasteiger partial charge in [-0.05, 0) is 0 Å². The molecule has 0 bridgehead atoms. The van der Waals surface area contributed by atoms with E-state index in [1.165, 1.54) is 0 Å². The molecule has 0 fully saturated rings. The number of hydrogen-bond acceptors (Lipinski definition) is 2. The quantitative estimate of drug-likeness (QED) is 0.392. The summed E-state index contributed by atoms with van der Waals surface area (Å²) in [5.74, 6) is 0. The molecule has 0 heterocycles. The summed E-state index contributed by atoms with van der Waals surface area (Å²) in [6, 6.07) is 0. The number of hydrogen-bond donors (Lipinski definition) is 3. The third-order valence-corrected chi connectivity index (χ3v) is 0. The topological polar surface area (TPSA) is 92.5 Å². The Balaban J connectivity index is -0.0000000150. The maximum absolute atomic E-state index is 8.56. The molecule has 6 heteroatoms. The number of halogens is 1. The Hall–Kier alpha value is 0.160. The van der Waals surface area contributed by atoms with E-state index in [-0.39, 0.29) is 40.4 Å². The SMILES string of the molecule is F.N.O=C(O)O.[NaH]. The first-order valence-electron chi connectivity index (χ1n) is 0.651. The molecule has 0 rings (SSSR count). The molecule has 7 heavy (non-hydrogen) atoms. The molecule has 0 unspecified atom stereocenters. The van der Waals surface area contributed by atoms with Crippen LogP contribution in [-0.2, 0) is 0 Å². The van der Waals surface area contributed by atoms with Crippen LogP contribution in [-0.4, -0.2) is 45.9 Å². The van der Waals surface area contributed by atoms with E-state index >= 15 is 0 Å². The summed E-state index contributed by atoms with van der Waals surface area (Å²) in [6.45, 7) is 0. The molecule has 4 nitrogen and oxygen atoms in total. The van der Waals surface area contributed by atoms with E-state index in [9.17, 15) is 0 Å². The Morgan fingerprint density at radius 1 is 1.29 bits per heavy atom. The molecule has 0 radical (unpaired) electrons. The Kier molecular flexibility index (Phi) is 63.8. The molecule has 0 amide bonds. The molecule has 0 saturated carbocycles. The summed E-state index contributed by atoms with van der Waals surface area (Å²) in [5.41, 5.74) is 0. The Morgan fingerprint density at radius 2 is 1.29 bits per heavy atom. The van der Waals surface area contributed by atoms with Gasteiger partial charge in [0.1, 0.15) is 0 Å². The zero-order valence-corrected chi connectivity index (χ0v) is 2.92. The third-order valence-electron chi connectivity index (χ3n) is 0. The Morgan fingerprint density at radius 3 is 1.29 bits per heavy atom. The first-order valence-corrected chi connectivity index (χ1v) is 0.651. The van der Waals surface area contributed by atoms with E-state index < -0.39 is 6.16 Å². The van der Waals surface area contributed by atoms with Crippen LogP contribution in [0.4, 0.5) is 9.50 Å². The fourth-order valence-electron chi connectivity index (χ4n) is 0. The van der Waals surface area contributed by atoms with Gasteiger partial charge in [0.15, 0.2) is 0 Å². The fourth-order valence-corrected chi connectivity index (χ4v) is 0. The van der Waals surface area contributed by atoms with Crippen molar-refractivity contribution in [3.63, 3.8) is 0 Å². The molecule has 0 atom stereocenters. The monoisotopic (exact) mass is 123 g/mol. The average Bonchev–Trinajstić information content (AvgIpc) is 0.811. The van der Waals surface area contributed by atoms with Crippen LogP contribution in [0.25, 0.3) is 0 Å². The van der Waals surface area contributed by atoms with E-state index in [0.29, 0.717) is 0 Å². The van der Waals surface area contributed by atoms with Crippen molar-refractivity contribution in [1.82, 2.24) is 6.15 Å². The van der Waals surface area contributed by atoms with Gasteiger partial charge in [0.25, 0.3) is 0 Å². The second kappa shape index (κ2) is 16.4. The fraction of sp³-hybridized carbons (Fsp3) is 0. The molecule has 42 valence electrons. The number of carboxylic acid groups (broad SMARTS) is 2. The zero-order valence-electron chi connectivity index (χ0n) is 2.92. The predicted octanol–water partition coefficient (Wildman–Crippen LogP) is -0.112. The first kappa shape index (κ1) is 27.2. The van der Waals surface area contributed by atoms with Gasteiger partial charge in [-0.2, -0.15) is 0 Å². The van der Waals surface area contributed by atoms with Gasteiger partial charge in [-0.15, -0.1) is 0 Å². The average molecular weight is 123 g/mol. The molecule has 0 aromatic rings. The second-order valence-corrected chi connectivity index (χ2v) is 0.283. The molecule has 0 aliphatic heterocycles. The summed E-state index contributed by atoms with van der Waals surface area (Å²) in [7, 11) is 0. The van der Waals surface area contributed by atoms with Crippen molar-refractivity contribution in [2.24, 2.45) is 0 Å². The molecule has 0 aliphatic carbocycles. The minimum atomic E-state index is -1.83. The molecule has 0 saturated heterocycles. The number of carbonyl (C=O) groups is 1. The van der Waals surface area contributed by atoms with E-state index in [2.05, 4.69) is 0 Å². The van der Waals surface area contributed by atoms with Crippen molar-refractivity contribution in [3.8, 4) is 0 Å². The van der Waals surface area contributed by atoms with Crippen molar-refractivity contribution in [1.29, 1.82) is 0 Å². The van der Waals surface area contributed by atoms with E-state index in [0.717, 1.165) is 0 Å². The van der Waals surface area contributed by atoms with Crippen LogP contribution in [0.5, 0.6) is 0 Å². The van der Waals surface area contributed by atoms with Gasteiger partial charge in [0.2, 0.25) is 0 Å². The molecular weight excluding hydrogens is 116 g/mol. The Labute approximate surface area is 61.8 Å². The van der Waals surface area contributed by atoms with Crippen LogP contribution < -0.4 is 6.15 Å². The van der Waals surface area contributed by atoms with Crippen molar-refractivity contribution in [2.45, 2.75) is 0 Å². The van der Waals surface area contributed by atoms with Gasteiger partial charge < -0.3 is 16.4 Å². The second-order valence-electron chi connectivity index (χ2n) is 0.283. The zero-order chi connectivity index (χ0) is 3.58. The maximum atomic E-state index is 8.56. The molecule has 5 N–H and O–H groups in total. The van der Waals surface area contributed by atoms with E-state index in [4.69, 9.17) is 15.0 Å². The van der Waals surface area contributed by atoms with Crippen molar-refractivity contribution in [2.75, 3.05) is 0 Å². The van der Waals surface area contributed by atoms with Gasteiger partial charge in [-0.3, -0.25) is 4.70 Å². The van der Waals surface area contributed by atoms with Crippen LogP contribution >= 0.6 is 0 Å². The normalized spacial score (nSPS) is 3.43. The van der Waals surface area contributed by atoms with Crippen LogP contribution in [0.15, 0.2) is 0 Å². The van der Waals surface area contributed by atoms with Crippen LogP contribution in [0.1, 0.15) is 0 Å². The standard InChI is InChI=1S/CH2O3.FH.H3N.Na.H/c2-1(3)4;;;;/h(H2,2,3,4);1H;1H3;;. The van der Waals surface area contributed by atoms with Crippen LogP contribution in [0, 0.1) is 0 Å². The summed E-state index contributed by atoms with van der Waals surface area (Å²) in [6.07, 6.45) is -1.83. The summed E-state index contributed by atoms with van der Waals surface area (Å²) < 4.78 is 0. The van der Waals surface area contributed by atoms with Crippen molar-refractivity contribution < 1.29 is 19.7 Å². The molecular formula is CH7FNNaO3. The van der Waals surface area contributed by atoms with E-state index in [1.807, 2.05) is 0 Å². The molecule has 0 aromatic carbocycles. The third kappa shape index (κ3) is 4160. The minimum absolute atomic E-state index is 0. The van der Waals surface area contributed by atoms with Crippen LogP contribution in [0.3, 0.4) is 0 Å². The number of rotatable bonds is 0. The van der Waals surface area contributed by atoms with Crippen LogP contribution in [0.2, 0.25) is 0 Å². The first-order chi connectivity index (χ1) is 1.73. The summed E-state index contributed by atoms with van der Waals surface area (Å²) >= 11 is 0. The van der Waals surface area contributed by atoms with Gasteiger partial charge >= 0.3 is 35.7 Å².